The molecule has 2 aromatic carbocycles. The molecule has 1 aliphatic carbocycles. The Hall–Kier alpha value is -0.920. The Labute approximate surface area is 161 Å². The minimum atomic E-state index is -3.60. The summed E-state index contributed by atoms with van der Waals surface area (Å²) in [6.45, 7) is 2.55. The maximum Gasteiger partial charge on any atom is 0.183 e. The van der Waals surface area contributed by atoms with E-state index in [1.165, 1.54) is 12.1 Å². The maximum absolute atomic E-state index is 13.1. The number of ether oxygens (including phenoxy) is 1. The van der Waals surface area contributed by atoms with Crippen molar-refractivity contribution in [3.05, 3.63) is 63.6 Å². The Kier molecular flexibility index (Phi) is 5.28. The van der Waals surface area contributed by atoms with Crippen LogP contribution in [0.15, 0.2) is 57.9 Å². The van der Waals surface area contributed by atoms with Gasteiger partial charge in [-0.05, 0) is 48.9 Å². The van der Waals surface area contributed by atoms with E-state index in [2.05, 4.69) is 15.9 Å². The number of halogens is 2. The smallest absolute Gasteiger partial charge is 0.183 e. The summed E-state index contributed by atoms with van der Waals surface area (Å²) < 4.78 is 32.7. The lowest BCUT2D eigenvalue weighted by atomic mass is 10.1. The number of benzene rings is 2. The Morgan fingerprint density at radius 2 is 1.76 bits per heavy atom. The van der Waals surface area contributed by atoms with Crippen molar-refractivity contribution in [1.29, 1.82) is 0 Å². The quantitative estimate of drug-likeness (QED) is 0.736. The van der Waals surface area contributed by atoms with Gasteiger partial charge < -0.3 is 10.5 Å². The maximum atomic E-state index is 13.1. The first-order chi connectivity index (χ1) is 11.8. The second-order valence-corrected chi connectivity index (χ2v) is 9.62. The molecule has 0 aliphatic heterocycles. The van der Waals surface area contributed by atoms with Crippen molar-refractivity contribution in [3.63, 3.8) is 0 Å². The first kappa shape index (κ1) is 18.9. The molecular formula is C18H19BrClNO3S. The Morgan fingerprint density at radius 3 is 2.32 bits per heavy atom. The minimum Gasteiger partial charge on any atom is -0.380 e. The predicted molar refractivity (Wildman–Crippen MR) is 103 cm³/mol. The summed E-state index contributed by atoms with van der Waals surface area (Å²) >= 11 is 9.27. The second kappa shape index (κ2) is 7.00. The fourth-order valence-electron chi connectivity index (χ4n) is 3.27. The van der Waals surface area contributed by atoms with Gasteiger partial charge in [-0.2, -0.15) is 0 Å². The molecule has 3 rings (SSSR count). The molecule has 1 fully saturated rings. The molecule has 0 radical (unpaired) electrons. The average molecular weight is 445 g/mol. The van der Waals surface area contributed by atoms with Crippen molar-refractivity contribution < 1.29 is 13.2 Å². The monoisotopic (exact) mass is 443 g/mol. The number of hydrogen-bond acceptors (Lipinski definition) is 4. The topological polar surface area (TPSA) is 69.4 Å². The molecule has 1 aliphatic rings. The predicted octanol–water partition coefficient (Wildman–Crippen LogP) is 3.78. The number of sulfone groups is 1. The molecule has 0 unspecified atom stereocenters. The van der Waals surface area contributed by atoms with Crippen LogP contribution in [0.3, 0.4) is 0 Å². The van der Waals surface area contributed by atoms with E-state index in [1.807, 2.05) is 31.2 Å². The van der Waals surface area contributed by atoms with Gasteiger partial charge in [-0.15, -0.1) is 0 Å². The first-order valence-electron chi connectivity index (χ1n) is 7.92. The summed E-state index contributed by atoms with van der Waals surface area (Å²) in [7, 11) is -3.60. The van der Waals surface area contributed by atoms with E-state index in [1.54, 1.807) is 12.1 Å². The van der Waals surface area contributed by atoms with Crippen molar-refractivity contribution in [3.8, 4) is 0 Å². The van der Waals surface area contributed by atoms with Crippen LogP contribution in [0.1, 0.15) is 18.4 Å². The Morgan fingerprint density at radius 1 is 1.16 bits per heavy atom. The summed E-state index contributed by atoms with van der Waals surface area (Å²) in [6, 6.07) is 13.8. The standard InChI is InChI=1S/C18H19BrClNO3S/c1-2-24-11-18(21)16(12-3-5-13(19)6-4-12)17(18)25(22,23)15-9-7-14(20)8-10-15/h3-10,16-17H,2,11,21H2,1H3/t16-,17-,18-/m0/s1. The number of hydrogen-bond donors (Lipinski definition) is 1. The van der Waals surface area contributed by atoms with Crippen LogP contribution in [0.4, 0.5) is 0 Å². The summed E-state index contributed by atoms with van der Waals surface area (Å²) in [5.41, 5.74) is 6.46. The van der Waals surface area contributed by atoms with Gasteiger partial charge in [-0.3, -0.25) is 0 Å². The Bertz CT molecular complexity index is 855. The van der Waals surface area contributed by atoms with E-state index in [9.17, 15) is 8.42 Å². The minimum absolute atomic E-state index is 0.196. The molecule has 0 aromatic heterocycles. The van der Waals surface area contributed by atoms with Crippen LogP contribution in [-0.2, 0) is 14.6 Å². The van der Waals surface area contributed by atoms with Crippen molar-refractivity contribution in [2.75, 3.05) is 13.2 Å². The van der Waals surface area contributed by atoms with E-state index in [4.69, 9.17) is 22.1 Å². The van der Waals surface area contributed by atoms with Crippen LogP contribution in [0.25, 0.3) is 0 Å². The number of nitrogens with two attached hydrogens (primary N) is 1. The van der Waals surface area contributed by atoms with Gasteiger partial charge in [0.25, 0.3) is 0 Å². The lowest BCUT2D eigenvalue weighted by molar-refractivity contribution is 0.125. The summed E-state index contributed by atoms with van der Waals surface area (Å²) in [6.07, 6.45) is 0. The highest BCUT2D eigenvalue weighted by Crippen LogP contribution is 2.55. The summed E-state index contributed by atoms with van der Waals surface area (Å²) in [5.74, 6) is -0.312. The van der Waals surface area contributed by atoms with Crippen LogP contribution in [0, 0.1) is 0 Å². The molecule has 0 bridgehead atoms. The van der Waals surface area contributed by atoms with Crippen molar-refractivity contribution in [1.82, 2.24) is 0 Å². The third-order valence-electron chi connectivity index (χ3n) is 4.56. The zero-order valence-corrected chi connectivity index (χ0v) is 16.8. The van der Waals surface area contributed by atoms with Gasteiger partial charge in [0.05, 0.1) is 22.3 Å². The van der Waals surface area contributed by atoms with Crippen LogP contribution in [0.2, 0.25) is 5.02 Å². The van der Waals surface area contributed by atoms with Gasteiger partial charge in [-0.25, -0.2) is 8.42 Å². The summed E-state index contributed by atoms with van der Waals surface area (Å²) in [5, 5.41) is -0.235. The molecule has 7 heteroatoms. The molecule has 4 nitrogen and oxygen atoms in total. The lowest BCUT2D eigenvalue weighted by Gasteiger charge is -2.12. The average Bonchev–Trinajstić information content (AvgIpc) is 3.21. The highest BCUT2D eigenvalue weighted by molar-refractivity contribution is 9.10. The van der Waals surface area contributed by atoms with Crippen molar-refractivity contribution in [2.45, 2.75) is 28.5 Å². The molecule has 0 spiro atoms. The fraction of sp³-hybridized carbons (Fsp3) is 0.333. The zero-order valence-electron chi connectivity index (χ0n) is 13.7. The van der Waals surface area contributed by atoms with Gasteiger partial charge in [0.2, 0.25) is 0 Å². The van der Waals surface area contributed by atoms with Crippen molar-refractivity contribution >= 4 is 37.4 Å². The number of rotatable bonds is 6. The third kappa shape index (κ3) is 3.51. The molecule has 0 saturated heterocycles. The molecule has 2 aromatic rings. The van der Waals surface area contributed by atoms with Gasteiger partial charge in [-0.1, -0.05) is 39.7 Å². The molecule has 0 heterocycles. The largest absolute Gasteiger partial charge is 0.380 e. The normalized spacial score (nSPS) is 25.8. The molecule has 25 heavy (non-hydrogen) atoms. The SMILES string of the molecule is CCOC[C@]1(N)[C@@H](c2ccc(Br)cc2)[C@@H]1S(=O)(=O)c1ccc(Cl)cc1. The highest BCUT2D eigenvalue weighted by Gasteiger charge is 2.69. The molecule has 3 atom stereocenters. The van der Waals surface area contributed by atoms with Gasteiger partial charge in [0.1, 0.15) is 0 Å². The highest BCUT2D eigenvalue weighted by atomic mass is 79.9. The van der Waals surface area contributed by atoms with E-state index in [0.717, 1.165) is 10.0 Å². The van der Waals surface area contributed by atoms with Crippen LogP contribution < -0.4 is 5.73 Å². The van der Waals surface area contributed by atoms with E-state index in [-0.39, 0.29) is 17.4 Å². The van der Waals surface area contributed by atoms with Gasteiger partial charge in [0, 0.05) is 22.0 Å². The fourth-order valence-corrected chi connectivity index (χ4v) is 5.95. The molecule has 0 amide bonds. The molecule has 2 N–H and O–H groups in total. The van der Waals surface area contributed by atoms with Crippen molar-refractivity contribution in [2.24, 2.45) is 5.73 Å². The van der Waals surface area contributed by atoms with E-state index in [0.29, 0.717) is 11.6 Å². The van der Waals surface area contributed by atoms with Gasteiger partial charge >= 0.3 is 0 Å². The van der Waals surface area contributed by atoms with E-state index < -0.39 is 20.6 Å². The van der Waals surface area contributed by atoms with E-state index >= 15 is 0 Å². The van der Waals surface area contributed by atoms with Crippen LogP contribution in [0.5, 0.6) is 0 Å². The van der Waals surface area contributed by atoms with Gasteiger partial charge in [0.15, 0.2) is 9.84 Å². The first-order valence-corrected chi connectivity index (χ1v) is 10.6. The second-order valence-electron chi connectivity index (χ2n) is 6.20. The Balaban J connectivity index is 1.99. The third-order valence-corrected chi connectivity index (χ3v) is 7.65. The summed E-state index contributed by atoms with van der Waals surface area (Å²) in [4.78, 5) is 0.229. The molecule has 134 valence electrons. The molecular weight excluding hydrogens is 426 g/mol. The zero-order chi connectivity index (χ0) is 18.2. The van der Waals surface area contributed by atoms with Crippen LogP contribution >= 0.6 is 27.5 Å². The van der Waals surface area contributed by atoms with Crippen LogP contribution in [-0.4, -0.2) is 32.4 Å². The molecule has 1 saturated carbocycles. The lowest BCUT2D eigenvalue weighted by Crippen LogP contribution is -2.36.